The summed E-state index contributed by atoms with van der Waals surface area (Å²) >= 11 is 0. The van der Waals surface area contributed by atoms with E-state index in [9.17, 15) is 4.79 Å². The molecule has 1 aromatic rings. The fourth-order valence-electron chi connectivity index (χ4n) is 0.880. The lowest BCUT2D eigenvalue weighted by Crippen LogP contribution is -2.07. The maximum atomic E-state index is 11.2. The number of ketones is 1. The van der Waals surface area contributed by atoms with Crippen molar-refractivity contribution in [1.29, 1.82) is 0 Å². The maximum absolute atomic E-state index is 11.2. The van der Waals surface area contributed by atoms with Gasteiger partial charge in [0.05, 0.1) is 7.11 Å². The Balaban J connectivity index is 2.74. The molecule has 0 atom stereocenters. The van der Waals surface area contributed by atoms with Crippen molar-refractivity contribution >= 4 is 5.78 Å². The Morgan fingerprint density at radius 2 is 2.23 bits per heavy atom. The van der Waals surface area contributed by atoms with Crippen LogP contribution in [0.1, 0.15) is 10.4 Å². The van der Waals surface area contributed by atoms with Crippen LogP contribution in [0.25, 0.3) is 0 Å². The number of hydrogen-bond acceptors (Lipinski definition) is 4. The van der Waals surface area contributed by atoms with Crippen molar-refractivity contribution < 1.29 is 14.3 Å². The Kier molecular flexibility index (Phi) is 3.40. The first-order valence-electron chi connectivity index (χ1n) is 3.80. The molecule has 0 N–H and O–H groups in total. The topological polar surface area (TPSA) is 48.4 Å². The van der Waals surface area contributed by atoms with Crippen LogP contribution in [-0.2, 0) is 4.74 Å². The van der Waals surface area contributed by atoms with Gasteiger partial charge in [0.25, 0.3) is 0 Å². The molecular formula is C9H11NO3. The molecule has 4 nitrogen and oxygen atoms in total. The van der Waals surface area contributed by atoms with Gasteiger partial charge in [-0.1, -0.05) is 0 Å². The second-order valence-electron chi connectivity index (χ2n) is 2.45. The number of pyridine rings is 1. The van der Waals surface area contributed by atoms with Crippen LogP contribution in [0, 0.1) is 0 Å². The average molecular weight is 181 g/mol. The number of rotatable bonds is 4. The number of aromatic nitrogens is 1. The van der Waals surface area contributed by atoms with Gasteiger partial charge in [-0.25, -0.2) is 4.98 Å². The van der Waals surface area contributed by atoms with Gasteiger partial charge in [-0.15, -0.1) is 0 Å². The minimum absolute atomic E-state index is 0.0774. The van der Waals surface area contributed by atoms with Gasteiger partial charge in [0.15, 0.2) is 5.78 Å². The van der Waals surface area contributed by atoms with Gasteiger partial charge in [0.2, 0.25) is 5.88 Å². The predicted molar refractivity (Wildman–Crippen MR) is 47.0 cm³/mol. The number of nitrogens with zero attached hydrogens (tertiary/aromatic N) is 1. The van der Waals surface area contributed by atoms with E-state index >= 15 is 0 Å². The lowest BCUT2D eigenvalue weighted by molar-refractivity contribution is 0.0847. The summed E-state index contributed by atoms with van der Waals surface area (Å²) in [7, 11) is 3.01. The molecule has 1 heterocycles. The van der Waals surface area contributed by atoms with Gasteiger partial charge in [0, 0.05) is 24.9 Å². The van der Waals surface area contributed by atoms with Gasteiger partial charge in [-0.3, -0.25) is 4.79 Å². The van der Waals surface area contributed by atoms with Crippen LogP contribution in [0.4, 0.5) is 0 Å². The molecule has 1 aromatic heterocycles. The van der Waals surface area contributed by atoms with Crippen LogP contribution in [-0.4, -0.2) is 31.6 Å². The second kappa shape index (κ2) is 4.57. The number of ether oxygens (including phenoxy) is 2. The van der Waals surface area contributed by atoms with Crippen LogP contribution in [0.3, 0.4) is 0 Å². The van der Waals surface area contributed by atoms with E-state index in [1.165, 1.54) is 20.4 Å². The molecule has 0 spiro atoms. The predicted octanol–water partition coefficient (Wildman–Crippen LogP) is 0.919. The van der Waals surface area contributed by atoms with Gasteiger partial charge >= 0.3 is 0 Å². The Bertz CT molecular complexity index is 281. The largest absolute Gasteiger partial charge is 0.481 e. The van der Waals surface area contributed by atoms with E-state index in [-0.39, 0.29) is 12.4 Å². The Morgan fingerprint density at radius 3 is 2.69 bits per heavy atom. The molecule has 0 saturated carbocycles. The van der Waals surface area contributed by atoms with Crippen LogP contribution in [0.2, 0.25) is 0 Å². The van der Waals surface area contributed by atoms with Gasteiger partial charge in [-0.05, 0) is 6.07 Å². The zero-order chi connectivity index (χ0) is 9.68. The van der Waals surface area contributed by atoms with Crippen LogP contribution in [0.15, 0.2) is 18.3 Å². The lowest BCUT2D eigenvalue weighted by Gasteiger charge is -2.00. The maximum Gasteiger partial charge on any atom is 0.212 e. The van der Waals surface area contributed by atoms with E-state index in [1.807, 2.05) is 0 Å². The molecule has 13 heavy (non-hydrogen) atoms. The second-order valence-corrected chi connectivity index (χ2v) is 2.45. The van der Waals surface area contributed by atoms with Gasteiger partial charge < -0.3 is 9.47 Å². The zero-order valence-corrected chi connectivity index (χ0v) is 7.61. The van der Waals surface area contributed by atoms with E-state index in [2.05, 4.69) is 4.98 Å². The molecule has 0 saturated heterocycles. The minimum atomic E-state index is -0.0855. The third kappa shape index (κ3) is 2.52. The lowest BCUT2D eigenvalue weighted by atomic mass is 10.2. The fourth-order valence-corrected chi connectivity index (χ4v) is 0.880. The molecular weight excluding hydrogens is 170 g/mol. The summed E-state index contributed by atoms with van der Waals surface area (Å²) in [5.41, 5.74) is 0.530. The zero-order valence-electron chi connectivity index (χ0n) is 7.61. The van der Waals surface area contributed by atoms with Crippen LogP contribution >= 0.6 is 0 Å². The molecule has 0 aliphatic rings. The van der Waals surface area contributed by atoms with E-state index in [1.54, 1.807) is 12.1 Å². The first-order chi connectivity index (χ1) is 6.27. The van der Waals surface area contributed by atoms with Gasteiger partial charge in [0.1, 0.15) is 6.61 Å². The molecule has 0 aliphatic carbocycles. The third-order valence-corrected chi connectivity index (χ3v) is 1.54. The van der Waals surface area contributed by atoms with Crippen molar-refractivity contribution in [1.82, 2.24) is 4.98 Å². The Hall–Kier alpha value is -1.42. The molecule has 0 unspecified atom stereocenters. The average Bonchev–Trinajstić information content (AvgIpc) is 2.18. The minimum Gasteiger partial charge on any atom is -0.481 e. The Labute approximate surface area is 76.5 Å². The van der Waals surface area contributed by atoms with Crippen LogP contribution < -0.4 is 4.74 Å². The molecule has 0 amide bonds. The molecule has 0 fully saturated rings. The van der Waals surface area contributed by atoms with Gasteiger partial charge in [-0.2, -0.15) is 0 Å². The number of methoxy groups -OCH3 is 2. The fraction of sp³-hybridized carbons (Fsp3) is 0.333. The van der Waals surface area contributed by atoms with Crippen molar-refractivity contribution in [2.45, 2.75) is 0 Å². The normalized spacial score (nSPS) is 9.69. The van der Waals surface area contributed by atoms with Crippen LogP contribution in [0.5, 0.6) is 5.88 Å². The number of carbonyl (C=O) groups excluding carboxylic acids is 1. The highest BCUT2D eigenvalue weighted by molar-refractivity contribution is 5.96. The van der Waals surface area contributed by atoms with Crippen molar-refractivity contribution in [3.63, 3.8) is 0 Å². The summed E-state index contributed by atoms with van der Waals surface area (Å²) in [6.07, 6.45) is 1.47. The standard InChI is InChI=1S/C9H11NO3/c1-12-6-8(11)7-3-4-9(13-2)10-5-7/h3-5H,6H2,1-2H3. The smallest absolute Gasteiger partial charge is 0.212 e. The summed E-state index contributed by atoms with van der Waals surface area (Å²) < 4.78 is 9.56. The monoisotopic (exact) mass is 181 g/mol. The highest BCUT2D eigenvalue weighted by Gasteiger charge is 2.05. The summed E-state index contributed by atoms with van der Waals surface area (Å²) in [5, 5.41) is 0. The summed E-state index contributed by atoms with van der Waals surface area (Å²) in [6, 6.07) is 3.30. The quantitative estimate of drug-likeness (QED) is 0.648. The molecule has 0 aromatic carbocycles. The molecule has 0 aliphatic heterocycles. The highest BCUT2D eigenvalue weighted by atomic mass is 16.5. The van der Waals surface area contributed by atoms with E-state index in [0.29, 0.717) is 11.4 Å². The number of Topliss-reactive ketones (excluding diaryl/α,β-unsaturated/α-hetero) is 1. The summed E-state index contributed by atoms with van der Waals surface area (Å²) in [5.74, 6) is 0.409. The summed E-state index contributed by atoms with van der Waals surface area (Å²) in [6.45, 7) is 0.0774. The number of carbonyl (C=O) groups is 1. The molecule has 1 rings (SSSR count). The highest BCUT2D eigenvalue weighted by Crippen LogP contribution is 2.06. The van der Waals surface area contributed by atoms with Crippen molar-refractivity contribution in [3.8, 4) is 5.88 Å². The van der Waals surface area contributed by atoms with E-state index < -0.39 is 0 Å². The van der Waals surface area contributed by atoms with Crippen molar-refractivity contribution in [2.24, 2.45) is 0 Å². The number of hydrogen-bond donors (Lipinski definition) is 0. The molecule has 0 radical (unpaired) electrons. The SMILES string of the molecule is COCC(=O)c1ccc(OC)nc1. The first-order valence-corrected chi connectivity index (χ1v) is 3.80. The molecule has 70 valence electrons. The van der Waals surface area contributed by atoms with Crippen molar-refractivity contribution in [3.05, 3.63) is 23.9 Å². The van der Waals surface area contributed by atoms with Crippen molar-refractivity contribution in [2.75, 3.05) is 20.8 Å². The third-order valence-electron chi connectivity index (χ3n) is 1.54. The molecule has 0 bridgehead atoms. The van der Waals surface area contributed by atoms with E-state index in [0.717, 1.165) is 0 Å². The summed E-state index contributed by atoms with van der Waals surface area (Å²) in [4.78, 5) is 15.1. The first kappa shape index (κ1) is 9.67. The van der Waals surface area contributed by atoms with E-state index in [4.69, 9.17) is 9.47 Å². The Morgan fingerprint density at radius 1 is 1.46 bits per heavy atom. The molecule has 4 heteroatoms.